The third kappa shape index (κ3) is 3.51. The molecule has 0 bridgehead atoms. The lowest BCUT2D eigenvalue weighted by Gasteiger charge is -2.26. The first-order chi connectivity index (χ1) is 6.74. The second kappa shape index (κ2) is 5.82. The van der Waals surface area contributed by atoms with E-state index in [9.17, 15) is 9.59 Å². The molecule has 0 atom stereocenters. The summed E-state index contributed by atoms with van der Waals surface area (Å²) in [6.07, 6.45) is 0.164. The minimum atomic E-state index is -0.358. The number of ether oxygens (including phenoxy) is 1. The highest BCUT2D eigenvalue weighted by molar-refractivity contribution is 6.19. The molecular weight excluding hydrogens is 208 g/mol. The Morgan fingerprint density at radius 2 is 2.00 bits per heavy atom. The summed E-state index contributed by atoms with van der Waals surface area (Å²) in [7, 11) is 0. The van der Waals surface area contributed by atoms with Gasteiger partial charge in [-0.3, -0.25) is 10.1 Å². The van der Waals surface area contributed by atoms with Gasteiger partial charge in [-0.25, -0.2) is 4.79 Å². The molecule has 0 aliphatic carbocycles. The van der Waals surface area contributed by atoms with E-state index in [0.717, 1.165) is 0 Å². The van der Waals surface area contributed by atoms with E-state index in [1.807, 2.05) is 0 Å². The molecule has 0 spiro atoms. The largest absolute Gasteiger partial charge is 0.378 e. The summed E-state index contributed by atoms with van der Waals surface area (Å²) >= 11 is 5.36. The van der Waals surface area contributed by atoms with E-state index < -0.39 is 0 Å². The van der Waals surface area contributed by atoms with Crippen molar-refractivity contribution in [2.24, 2.45) is 0 Å². The van der Waals surface area contributed by atoms with Gasteiger partial charge in [0.05, 0.1) is 13.2 Å². The number of carbonyl (C=O) groups is 2. The maximum atomic E-state index is 11.4. The lowest BCUT2D eigenvalue weighted by atomic mass is 10.4. The molecule has 1 saturated heterocycles. The molecule has 80 valence electrons. The van der Waals surface area contributed by atoms with Crippen molar-refractivity contribution in [3.63, 3.8) is 0 Å². The number of halogens is 1. The molecule has 1 fully saturated rings. The molecule has 0 radical (unpaired) electrons. The van der Waals surface area contributed by atoms with Crippen molar-refractivity contribution in [2.75, 3.05) is 32.2 Å². The fraction of sp³-hybridized carbons (Fsp3) is 0.750. The van der Waals surface area contributed by atoms with Gasteiger partial charge in [-0.15, -0.1) is 11.6 Å². The molecule has 1 aliphatic rings. The summed E-state index contributed by atoms with van der Waals surface area (Å²) in [5.74, 6) is -0.112. The first kappa shape index (κ1) is 11.3. The van der Waals surface area contributed by atoms with Crippen LogP contribution in [0.2, 0.25) is 0 Å². The number of morpholine rings is 1. The molecule has 0 aromatic carbocycles. The van der Waals surface area contributed by atoms with Gasteiger partial charge in [-0.1, -0.05) is 0 Å². The average molecular weight is 221 g/mol. The zero-order valence-corrected chi connectivity index (χ0v) is 8.55. The molecule has 1 aliphatic heterocycles. The number of amides is 3. The minimum Gasteiger partial charge on any atom is -0.378 e. The Bertz CT molecular complexity index is 217. The fourth-order valence-electron chi connectivity index (χ4n) is 1.11. The van der Waals surface area contributed by atoms with E-state index >= 15 is 0 Å². The van der Waals surface area contributed by atoms with Gasteiger partial charge in [0.2, 0.25) is 5.91 Å². The molecule has 0 aromatic rings. The van der Waals surface area contributed by atoms with E-state index in [4.69, 9.17) is 16.3 Å². The predicted octanol–water partition coefficient (Wildman–Crippen LogP) is 0.184. The minimum absolute atomic E-state index is 0.164. The molecular formula is C8H13ClN2O3. The number of rotatable bonds is 2. The monoisotopic (exact) mass is 220 g/mol. The van der Waals surface area contributed by atoms with Crippen molar-refractivity contribution in [1.29, 1.82) is 0 Å². The van der Waals surface area contributed by atoms with Crippen LogP contribution in [0.4, 0.5) is 4.79 Å². The molecule has 0 unspecified atom stereocenters. The zero-order chi connectivity index (χ0) is 10.4. The highest BCUT2D eigenvalue weighted by Gasteiger charge is 2.18. The van der Waals surface area contributed by atoms with E-state index in [-0.39, 0.29) is 24.2 Å². The van der Waals surface area contributed by atoms with Gasteiger partial charge in [0.1, 0.15) is 0 Å². The topological polar surface area (TPSA) is 58.6 Å². The van der Waals surface area contributed by atoms with Gasteiger partial charge in [0.15, 0.2) is 0 Å². The molecule has 0 aromatic heterocycles. The molecule has 1 rings (SSSR count). The maximum absolute atomic E-state index is 11.4. The first-order valence-corrected chi connectivity index (χ1v) is 5.00. The SMILES string of the molecule is O=C(CCCl)NC(=O)N1CCOCC1. The Hall–Kier alpha value is -0.810. The molecule has 3 amide bonds. The smallest absolute Gasteiger partial charge is 0.324 e. The Labute approximate surface area is 87.3 Å². The Balaban J connectivity index is 2.29. The number of nitrogens with one attached hydrogen (secondary N) is 1. The van der Waals surface area contributed by atoms with Crippen LogP contribution in [0, 0.1) is 0 Å². The second-order valence-electron chi connectivity index (χ2n) is 2.89. The molecule has 5 nitrogen and oxygen atoms in total. The number of urea groups is 1. The van der Waals surface area contributed by atoms with Gasteiger partial charge in [-0.2, -0.15) is 0 Å². The fourth-order valence-corrected chi connectivity index (χ4v) is 1.28. The Kier molecular flexibility index (Phi) is 4.69. The Morgan fingerprint density at radius 1 is 1.36 bits per heavy atom. The maximum Gasteiger partial charge on any atom is 0.324 e. The lowest BCUT2D eigenvalue weighted by Crippen LogP contribution is -2.47. The quantitative estimate of drug-likeness (QED) is 0.676. The zero-order valence-electron chi connectivity index (χ0n) is 7.79. The average Bonchev–Trinajstić information content (AvgIpc) is 2.19. The number of alkyl halides is 1. The molecule has 14 heavy (non-hydrogen) atoms. The second-order valence-corrected chi connectivity index (χ2v) is 3.27. The van der Waals surface area contributed by atoms with Crippen LogP contribution in [0.15, 0.2) is 0 Å². The predicted molar refractivity (Wildman–Crippen MR) is 51.3 cm³/mol. The van der Waals surface area contributed by atoms with Crippen molar-refractivity contribution in [3.8, 4) is 0 Å². The van der Waals surface area contributed by atoms with Gasteiger partial charge in [0.25, 0.3) is 0 Å². The first-order valence-electron chi connectivity index (χ1n) is 4.46. The van der Waals surface area contributed by atoms with Crippen LogP contribution in [-0.2, 0) is 9.53 Å². The number of nitrogens with zero attached hydrogens (tertiary/aromatic N) is 1. The van der Waals surface area contributed by atoms with Gasteiger partial charge in [0, 0.05) is 25.4 Å². The molecule has 0 saturated carbocycles. The van der Waals surface area contributed by atoms with Crippen molar-refractivity contribution in [2.45, 2.75) is 6.42 Å². The highest BCUT2D eigenvalue weighted by atomic mass is 35.5. The Morgan fingerprint density at radius 3 is 2.57 bits per heavy atom. The summed E-state index contributed by atoms with van der Waals surface area (Å²) < 4.78 is 5.07. The van der Waals surface area contributed by atoms with Crippen molar-refractivity contribution >= 4 is 23.5 Å². The third-order valence-corrected chi connectivity index (χ3v) is 2.06. The van der Waals surface area contributed by atoms with Crippen molar-refractivity contribution < 1.29 is 14.3 Å². The van der Waals surface area contributed by atoms with Crippen LogP contribution >= 0.6 is 11.6 Å². The van der Waals surface area contributed by atoms with Crippen LogP contribution in [0.25, 0.3) is 0 Å². The summed E-state index contributed by atoms with van der Waals surface area (Å²) in [5.41, 5.74) is 0. The van der Waals surface area contributed by atoms with Crippen molar-refractivity contribution in [1.82, 2.24) is 10.2 Å². The van der Waals surface area contributed by atoms with E-state index in [2.05, 4.69) is 5.32 Å². The van der Waals surface area contributed by atoms with Gasteiger partial charge < -0.3 is 9.64 Å². The molecule has 1 heterocycles. The summed E-state index contributed by atoms with van der Waals surface area (Å²) in [4.78, 5) is 24.0. The summed E-state index contributed by atoms with van der Waals surface area (Å²) in [6.45, 7) is 2.11. The third-order valence-electron chi connectivity index (χ3n) is 1.87. The number of carbonyl (C=O) groups excluding carboxylic acids is 2. The summed E-state index contributed by atoms with van der Waals surface area (Å²) in [6, 6.07) is -0.358. The van der Waals surface area contributed by atoms with E-state index in [0.29, 0.717) is 26.3 Å². The lowest BCUT2D eigenvalue weighted by molar-refractivity contribution is -0.119. The van der Waals surface area contributed by atoms with Crippen LogP contribution in [-0.4, -0.2) is 49.0 Å². The van der Waals surface area contributed by atoms with Crippen LogP contribution in [0.1, 0.15) is 6.42 Å². The number of hydrogen-bond acceptors (Lipinski definition) is 3. The van der Waals surface area contributed by atoms with Crippen LogP contribution in [0.5, 0.6) is 0 Å². The standard InChI is InChI=1S/C8H13ClN2O3/c9-2-1-7(12)10-8(13)11-3-5-14-6-4-11/h1-6H2,(H,10,12,13). The number of hydrogen-bond donors (Lipinski definition) is 1. The van der Waals surface area contributed by atoms with Crippen LogP contribution in [0.3, 0.4) is 0 Å². The van der Waals surface area contributed by atoms with Crippen LogP contribution < -0.4 is 5.32 Å². The van der Waals surface area contributed by atoms with Crippen molar-refractivity contribution in [3.05, 3.63) is 0 Å². The van der Waals surface area contributed by atoms with E-state index in [1.165, 1.54) is 0 Å². The summed E-state index contributed by atoms with van der Waals surface area (Å²) in [5, 5.41) is 2.26. The van der Waals surface area contributed by atoms with Gasteiger partial charge in [-0.05, 0) is 0 Å². The normalized spacial score (nSPS) is 16.5. The number of imide groups is 1. The van der Waals surface area contributed by atoms with E-state index in [1.54, 1.807) is 4.90 Å². The molecule has 1 N–H and O–H groups in total. The molecule has 6 heteroatoms. The highest BCUT2D eigenvalue weighted by Crippen LogP contribution is 1.97. The van der Waals surface area contributed by atoms with Gasteiger partial charge >= 0.3 is 6.03 Å².